The fraction of sp³-hybridized carbons (Fsp3) is 0.600. The number of imidazole rings is 1. The number of alkyl halides is 3. The highest BCUT2D eigenvalue weighted by Gasteiger charge is 2.38. The second kappa shape index (κ2) is 9.75. The first kappa shape index (κ1) is 24.5. The number of carbonyl (C=O) groups excluding carboxylic acids is 1. The van der Waals surface area contributed by atoms with Crippen LogP contribution in [0.25, 0.3) is 11.0 Å². The van der Waals surface area contributed by atoms with Gasteiger partial charge in [0.2, 0.25) is 21.8 Å². The number of aryl methyl sites for hydroxylation is 1. The van der Waals surface area contributed by atoms with Crippen molar-refractivity contribution in [3.05, 3.63) is 24.0 Å². The third-order valence-electron chi connectivity index (χ3n) is 5.43. The van der Waals surface area contributed by atoms with Gasteiger partial charge in [-0.1, -0.05) is 13.8 Å². The maximum absolute atomic E-state index is 13.6. The monoisotopic (exact) mass is 476 g/mol. The van der Waals surface area contributed by atoms with Gasteiger partial charge in [0.1, 0.15) is 0 Å². The summed E-state index contributed by atoms with van der Waals surface area (Å²) in [5, 5.41) is 2.68. The number of rotatable bonds is 9. The lowest BCUT2D eigenvalue weighted by Crippen LogP contribution is -2.32. The maximum Gasteiger partial charge on any atom is 0.449 e. The first-order valence-electron chi connectivity index (χ1n) is 10.5. The summed E-state index contributed by atoms with van der Waals surface area (Å²) in [4.78, 5) is 15.7. The molecule has 8 nitrogen and oxygen atoms in total. The largest absolute Gasteiger partial charge is 0.449 e. The zero-order valence-electron chi connectivity index (χ0n) is 18.0. The lowest BCUT2D eigenvalue weighted by atomic mass is 10.2. The van der Waals surface area contributed by atoms with Gasteiger partial charge in [-0.2, -0.15) is 17.5 Å². The molecule has 32 heavy (non-hydrogen) atoms. The molecule has 0 unspecified atom stereocenters. The van der Waals surface area contributed by atoms with E-state index in [4.69, 9.17) is 4.74 Å². The van der Waals surface area contributed by atoms with Crippen LogP contribution < -0.4 is 5.32 Å². The number of nitrogens with zero attached hydrogens (tertiary/aromatic N) is 3. The number of hydrogen-bond donors (Lipinski definition) is 1. The molecule has 3 rings (SSSR count). The first-order chi connectivity index (χ1) is 15.1. The Labute approximate surface area is 184 Å². The molecule has 1 atom stereocenters. The summed E-state index contributed by atoms with van der Waals surface area (Å²) in [5.74, 6) is -1.56. The highest BCUT2D eigenvalue weighted by atomic mass is 32.2. The smallest absolute Gasteiger partial charge is 0.376 e. The number of benzene rings is 1. The molecule has 1 amide bonds. The number of hydrogen-bond acceptors (Lipinski definition) is 5. The summed E-state index contributed by atoms with van der Waals surface area (Å²) in [6, 6.07) is 3.72. The van der Waals surface area contributed by atoms with Crippen LogP contribution >= 0.6 is 0 Å². The molecule has 0 saturated carbocycles. The van der Waals surface area contributed by atoms with E-state index >= 15 is 0 Å². The van der Waals surface area contributed by atoms with Crippen LogP contribution in [0.15, 0.2) is 23.1 Å². The SMILES string of the molecule is CCN(CC)S(=O)(=O)c1ccc2c(c1)nc(C(F)(F)F)n2CCC(=O)NC[C@H]1CCCO1. The summed E-state index contributed by atoms with van der Waals surface area (Å²) in [7, 11) is -3.85. The summed E-state index contributed by atoms with van der Waals surface area (Å²) in [5.41, 5.74) is 0.0214. The van der Waals surface area contributed by atoms with E-state index in [0.717, 1.165) is 23.5 Å². The standard InChI is InChI=1S/C20H27F3N4O4S/c1-3-26(4-2)32(29,30)15-7-8-17-16(12-15)25-19(20(21,22)23)27(17)10-9-18(28)24-13-14-6-5-11-31-14/h7-8,12,14H,3-6,9-11,13H2,1-2H3,(H,24,28)/t14-/m1/s1. The van der Waals surface area contributed by atoms with Crippen LogP contribution in [0.1, 0.15) is 38.9 Å². The number of fused-ring (bicyclic) bond motifs is 1. The predicted octanol–water partition coefficient (Wildman–Crippen LogP) is 2.77. The van der Waals surface area contributed by atoms with E-state index in [1.807, 2.05) is 0 Å². The van der Waals surface area contributed by atoms with Crippen LogP contribution in [0, 0.1) is 0 Å². The quantitative estimate of drug-likeness (QED) is 0.601. The minimum atomic E-state index is -4.76. The minimum absolute atomic E-state index is 0.0649. The van der Waals surface area contributed by atoms with Crippen molar-refractivity contribution in [2.75, 3.05) is 26.2 Å². The number of carbonyl (C=O) groups is 1. The third-order valence-corrected chi connectivity index (χ3v) is 7.48. The Kier molecular flexibility index (Phi) is 7.46. The fourth-order valence-corrected chi connectivity index (χ4v) is 5.24. The maximum atomic E-state index is 13.6. The van der Waals surface area contributed by atoms with Crippen molar-refractivity contribution in [2.45, 2.75) is 56.8 Å². The number of amides is 1. The number of halogens is 3. The molecule has 1 fully saturated rings. The molecule has 0 aliphatic carbocycles. The second-order valence-electron chi connectivity index (χ2n) is 7.51. The van der Waals surface area contributed by atoms with Gasteiger partial charge in [0.05, 0.1) is 22.0 Å². The van der Waals surface area contributed by atoms with Gasteiger partial charge in [0.25, 0.3) is 0 Å². The Hall–Kier alpha value is -2.18. The molecule has 1 aliphatic rings. The number of nitrogens with one attached hydrogen (secondary N) is 1. The summed E-state index contributed by atoms with van der Waals surface area (Å²) < 4.78 is 73.8. The van der Waals surface area contributed by atoms with Crippen LogP contribution in [0.4, 0.5) is 13.2 Å². The third kappa shape index (κ3) is 5.24. The number of ether oxygens (including phenoxy) is 1. The molecule has 178 valence electrons. The van der Waals surface area contributed by atoms with Crippen molar-refractivity contribution in [3.63, 3.8) is 0 Å². The van der Waals surface area contributed by atoms with Gasteiger partial charge in [-0.05, 0) is 31.0 Å². The van der Waals surface area contributed by atoms with Gasteiger partial charge in [-0.3, -0.25) is 4.79 Å². The van der Waals surface area contributed by atoms with Gasteiger partial charge in [0.15, 0.2) is 0 Å². The molecule has 1 aromatic heterocycles. The van der Waals surface area contributed by atoms with Gasteiger partial charge in [-0.15, -0.1) is 0 Å². The molecular weight excluding hydrogens is 449 g/mol. The van der Waals surface area contributed by atoms with E-state index in [0.29, 0.717) is 13.2 Å². The molecule has 1 aliphatic heterocycles. The van der Waals surface area contributed by atoms with E-state index in [9.17, 15) is 26.4 Å². The molecule has 12 heteroatoms. The molecular formula is C20H27F3N4O4S. The van der Waals surface area contributed by atoms with Crippen molar-refractivity contribution in [1.29, 1.82) is 0 Å². The zero-order chi connectivity index (χ0) is 23.5. The highest BCUT2D eigenvalue weighted by molar-refractivity contribution is 7.89. The Morgan fingerprint density at radius 2 is 2.03 bits per heavy atom. The average Bonchev–Trinajstić information content (AvgIpc) is 3.38. The first-order valence-corrected chi connectivity index (χ1v) is 12.0. The van der Waals surface area contributed by atoms with Crippen molar-refractivity contribution in [2.24, 2.45) is 0 Å². The Morgan fingerprint density at radius 1 is 1.31 bits per heavy atom. The van der Waals surface area contributed by atoms with Crippen molar-refractivity contribution in [1.82, 2.24) is 19.2 Å². The number of sulfonamides is 1. The van der Waals surface area contributed by atoms with Crippen LogP contribution in [0.2, 0.25) is 0 Å². The lowest BCUT2D eigenvalue weighted by molar-refractivity contribution is -0.147. The minimum Gasteiger partial charge on any atom is -0.376 e. The van der Waals surface area contributed by atoms with E-state index in [1.165, 1.54) is 16.4 Å². The Bertz CT molecular complexity index is 1060. The molecule has 1 saturated heterocycles. The Balaban J connectivity index is 1.85. The van der Waals surface area contributed by atoms with Gasteiger partial charge < -0.3 is 14.6 Å². The molecule has 1 N–H and O–H groups in total. The van der Waals surface area contributed by atoms with E-state index in [2.05, 4.69) is 10.3 Å². The molecule has 0 spiro atoms. The van der Waals surface area contributed by atoms with Crippen molar-refractivity contribution in [3.8, 4) is 0 Å². The molecule has 1 aromatic carbocycles. The predicted molar refractivity (Wildman–Crippen MR) is 111 cm³/mol. The second-order valence-corrected chi connectivity index (χ2v) is 9.45. The molecule has 0 radical (unpaired) electrons. The average molecular weight is 477 g/mol. The fourth-order valence-electron chi connectivity index (χ4n) is 3.76. The summed E-state index contributed by atoms with van der Waals surface area (Å²) >= 11 is 0. The van der Waals surface area contributed by atoms with Crippen LogP contribution in [-0.4, -0.2) is 60.5 Å². The van der Waals surface area contributed by atoms with Crippen molar-refractivity contribution >= 4 is 27.0 Å². The van der Waals surface area contributed by atoms with Crippen LogP contribution in [-0.2, 0) is 32.3 Å². The lowest BCUT2D eigenvalue weighted by Gasteiger charge is -2.18. The van der Waals surface area contributed by atoms with Gasteiger partial charge in [-0.25, -0.2) is 13.4 Å². The molecule has 2 heterocycles. The van der Waals surface area contributed by atoms with Gasteiger partial charge >= 0.3 is 6.18 Å². The number of aromatic nitrogens is 2. The summed E-state index contributed by atoms with van der Waals surface area (Å²) in [6.07, 6.45) is -3.25. The topological polar surface area (TPSA) is 93.5 Å². The highest BCUT2D eigenvalue weighted by Crippen LogP contribution is 2.32. The molecule has 2 aromatic rings. The van der Waals surface area contributed by atoms with Crippen LogP contribution in [0.3, 0.4) is 0 Å². The van der Waals surface area contributed by atoms with Crippen molar-refractivity contribution < 1.29 is 31.1 Å². The Morgan fingerprint density at radius 3 is 2.62 bits per heavy atom. The summed E-state index contributed by atoms with van der Waals surface area (Å²) in [6.45, 7) is 4.55. The van der Waals surface area contributed by atoms with E-state index in [-0.39, 0.29) is 48.1 Å². The molecule has 0 bridgehead atoms. The normalized spacial score (nSPS) is 17.4. The van der Waals surface area contributed by atoms with E-state index < -0.39 is 27.9 Å². The van der Waals surface area contributed by atoms with E-state index in [1.54, 1.807) is 13.8 Å². The van der Waals surface area contributed by atoms with Crippen LogP contribution in [0.5, 0.6) is 0 Å². The zero-order valence-corrected chi connectivity index (χ0v) is 18.8. The van der Waals surface area contributed by atoms with Gasteiger partial charge in [0, 0.05) is 39.2 Å².